The number of aromatic nitrogens is 1. The van der Waals surface area contributed by atoms with Gasteiger partial charge in [0, 0.05) is 5.69 Å². The summed E-state index contributed by atoms with van der Waals surface area (Å²) in [6.45, 7) is 3.79. The number of anilines is 1. The minimum absolute atomic E-state index is 0.234. The quantitative estimate of drug-likeness (QED) is 0.874. The number of rotatable bonds is 3. The number of pyridine rings is 1. The van der Waals surface area contributed by atoms with E-state index >= 15 is 0 Å². The van der Waals surface area contributed by atoms with Gasteiger partial charge in [0.15, 0.2) is 0 Å². The number of carbonyl (C=O) groups excluding carboxylic acids is 1. The Morgan fingerprint density at radius 3 is 2.58 bits per heavy atom. The lowest BCUT2D eigenvalue weighted by atomic mass is 9.95. The van der Waals surface area contributed by atoms with Gasteiger partial charge in [0.25, 0.3) is 0 Å². The number of nitrogens with zero attached hydrogens (tertiary/aromatic N) is 1. The molecule has 1 aliphatic rings. The molecule has 0 aliphatic heterocycles. The Hall–Kier alpha value is -1.91. The predicted octanol–water partition coefficient (Wildman–Crippen LogP) is 2.14. The van der Waals surface area contributed by atoms with Gasteiger partial charge in [0.05, 0.1) is 11.8 Å². The van der Waals surface area contributed by atoms with Gasteiger partial charge in [-0.05, 0) is 44.4 Å². The zero-order valence-corrected chi connectivity index (χ0v) is 11.1. The number of hydrogen-bond acceptors (Lipinski definition) is 3. The molecule has 1 heterocycles. The maximum absolute atomic E-state index is 12.1. The third-order valence-corrected chi connectivity index (χ3v) is 3.52. The second kappa shape index (κ2) is 5.38. The van der Waals surface area contributed by atoms with Gasteiger partial charge in [0.2, 0.25) is 5.91 Å². The zero-order valence-electron chi connectivity index (χ0n) is 11.1. The molecule has 2 N–H and O–H groups in total. The highest BCUT2D eigenvalue weighted by molar-refractivity contribution is 5.94. The summed E-state index contributed by atoms with van der Waals surface area (Å²) >= 11 is 0. The van der Waals surface area contributed by atoms with Crippen molar-refractivity contribution in [2.24, 2.45) is 11.8 Å². The first kappa shape index (κ1) is 13.5. The highest BCUT2D eigenvalue weighted by Crippen LogP contribution is 2.32. The monoisotopic (exact) mass is 262 g/mol. The first-order valence-corrected chi connectivity index (χ1v) is 6.46. The maximum Gasteiger partial charge on any atom is 0.307 e. The largest absolute Gasteiger partial charge is 0.481 e. The standard InChI is InChI=1S/C14H18N2O3/c1-8-6-9(2)15-12(7-8)16-13(17)10-4-3-5-11(10)14(18)19/h6-7,10-11H,3-5H2,1-2H3,(H,18,19)(H,15,16,17). The van der Waals surface area contributed by atoms with Gasteiger partial charge >= 0.3 is 5.97 Å². The van der Waals surface area contributed by atoms with E-state index in [4.69, 9.17) is 5.11 Å². The Kier molecular flexibility index (Phi) is 3.83. The van der Waals surface area contributed by atoms with Crippen LogP contribution in [0.5, 0.6) is 0 Å². The van der Waals surface area contributed by atoms with Gasteiger partial charge in [0.1, 0.15) is 5.82 Å². The normalized spacial score (nSPS) is 22.2. The number of aliphatic carboxylic acids is 1. The van der Waals surface area contributed by atoms with Crippen molar-refractivity contribution in [2.45, 2.75) is 33.1 Å². The lowest BCUT2D eigenvalue weighted by Gasteiger charge is -2.15. The van der Waals surface area contributed by atoms with Crippen LogP contribution in [0, 0.1) is 25.7 Å². The Bertz CT molecular complexity index is 493. The average molecular weight is 262 g/mol. The van der Waals surface area contributed by atoms with Crippen LogP contribution >= 0.6 is 0 Å². The number of carboxylic acids is 1. The van der Waals surface area contributed by atoms with Gasteiger partial charge < -0.3 is 10.4 Å². The lowest BCUT2D eigenvalue weighted by Crippen LogP contribution is -2.30. The summed E-state index contributed by atoms with van der Waals surface area (Å²) in [4.78, 5) is 27.5. The van der Waals surface area contributed by atoms with E-state index in [2.05, 4.69) is 10.3 Å². The van der Waals surface area contributed by atoms with E-state index in [0.717, 1.165) is 17.7 Å². The molecular formula is C14H18N2O3. The smallest absolute Gasteiger partial charge is 0.307 e. The van der Waals surface area contributed by atoms with E-state index in [0.29, 0.717) is 18.7 Å². The van der Waals surface area contributed by atoms with Crippen molar-refractivity contribution in [1.29, 1.82) is 0 Å². The van der Waals surface area contributed by atoms with Crippen molar-refractivity contribution in [3.05, 3.63) is 23.4 Å². The van der Waals surface area contributed by atoms with Crippen molar-refractivity contribution < 1.29 is 14.7 Å². The summed E-state index contributed by atoms with van der Waals surface area (Å²) in [5.74, 6) is -1.63. The lowest BCUT2D eigenvalue weighted by molar-refractivity contribution is -0.145. The number of hydrogen-bond donors (Lipinski definition) is 2. The molecule has 5 nitrogen and oxygen atoms in total. The molecule has 2 atom stereocenters. The van der Waals surface area contributed by atoms with E-state index in [9.17, 15) is 9.59 Å². The second-order valence-corrected chi connectivity index (χ2v) is 5.14. The molecule has 0 radical (unpaired) electrons. The Labute approximate surface area is 112 Å². The maximum atomic E-state index is 12.1. The molecule has 2 unspecified atom stereocenters. The minimum Gasteiger partial charge on any atom is -0.481 e. The first-order valence-electron chi connectivity index (χ1n) is 6.46. The molecule has 1 aliphatic carbocycles. The van der Waals surface area contributed by atoms with Crippen LogP contribution in [0.2, 0.25) is 0 Å². The predicted molar refractivity (Wildman–Crippen MR) is 70.8 cm³/mol. The second-order valence-electron chi connectivity index (χ2n) is 5.14. The fourth-order valence-corrected chi connectivity index (χ4v) is 2.69. The molecule has 1 amide bonds. The van der Waals surface area contributed by atoms with Crippen molar-refractivity contribution in [1.82, 2.24) is 4.98 Å². The van der Waals surface area contributed by atoms with Crippen molar-refractivity contribution in [2.75, 3.05) is 5.32 Å². The molecule has 1 saturated carbocycles. The van der Waals surface area contributed by atoms with Crippen LogP contribution < -0.4 is 5.32 Å². The van der Waals surface area contributed by atoms with E-state index in [-0.39, 0.29) is 5.91 Å². The summed E-state index contributed by atoms with van der Waals surface area (Å²) in [5, 5.41) is 11.8. The van der Waals surface area contributed by atoms with Crippen LogP contribution in [0.3, 0.4) is 0 Å². The highest BCUT2D eigenvalue weighted by Gasteiger charge is 2.37. The third-order valence-electron chi connectivity index (χ3n) is 3.52. The van der Waals surface area contributed by atoms with Crippen LogP contribution in [0.15, 0.2) is 12.1 Å². The number of carbonyl (C=O) groups is 2. The number of amides is 1. The molecule has 0 spiro atoms. The summed E-state index contributed by atoms with van der Waals surface area (Å²) in [6.07, 6.45) is 2.00. The van der Waals surface area contributed by atoms with Gasteiger partial charge in [-0.2, -0.15) is 0 Å². The highest BCUT2D eigenvalue weighted by atomic mass is 16.4. The minimum atomic E-state index is -0.883. The molecule has 19 heavy (non-hydrogen) atoms. The summed E-state index contributed by atoms with van der Waals surface area (Å²) in [5.41, 5.74) is 1.85. The van der Waals surface area contributed by atoms with Crippen molar-refractivity contribution in [3.63, 3.8) is 0 Å². The topological polar surface area (TPSA) is 79.3 Å². The van der Waals surface area contributed by atoms with E-state index in [1.807, 2.05) is 19.9 Å². The number of aryl methyl sites for hydroxylation is 2. The Morgan fingerprint density at radius 2 is 1.95 bits per heavy atom. The summed E-state index contributed by atoms with van der Waals surface area (Å²) in [6, 6.07) is 3.71. The zero-order chi connectivity index (χ0) is 14.0. The van der Waals surface area contributed by atoms with Crippen LogP contribution in [-0.4, -0.2) is 22.0 Å². The molecule has 1 aromatic rings. The van der Waals surface area contributed by atoms with Gasteiger partial charge in [-0.25, -0.2) is 4.98 Å². The molecule has 102 valence electrons. The molecular weight excluding hydrogens is 244 g/mol. The molecule has 0 bridgehead atoms. The molecule has 0 saturated heterocycles. The van der Waals surface area contributed by atoms with Gasteiger partial charge in [-0.15, -0.1) is 0 Å². The van der Waals surface area contributed by atoms with Crippen LogP contribution in [-0.2, 0) is 9.59 Å². The van der Waals surface area contributed by atoms with E-state index in [1.165, 1.54) is 0 Å². The van der Waals surface area contributed by atoms with E-state index < -0.39 is 17.8 Å². The van der Waals surface area contributed by atoms with Crippen LogP contribution in [0.4, 0.5) is 5.82 Å². The Morgan fingerprint density at radius 1 is 1.26 bits per heavy atom. The third kappa shape index (κ3) is 3.10. The van der Waals surface area contributed by atoms with Gasteiger partial charge in [-0.3, -0.25) is 9.59 Å². The fourth-order valence-electron chi connectivity index (χ4n) is 2.69. The molecule has 2 rings (SSSR count). The summed E-state index contributed by atoms with van der Waals surface area (Å²) in [7, 11) is 0. The molecule has 5 heteroatoms. The number of nitrogens with one attached hydrogen (secondary N) is 1. The van der Waals surface area contributed by atoms with Crippen LogP contribution in [0.25, 0.3) is 0 Å². The first-order chi connectivity index (χ1) is 8.97. The van der Waals surface area contributed by atoms with Gasteiger partial charge in [-0.1, -0.05) is 6.42 Å². The van der Waals surface area contributed by atoms with E-state index in [1.54, 1.807) is 6.07 Å². The van der Waals surface area contributed by atoms with Crippen LogP contribution in [0.1, 0.15) is 30.5 Å². The van der Waals surface area contributed by atoms with Crippen molar-refractivity contribution in [3.8, 4) is 0 Å². The molecule has 1 fully saturated rings. The SMILES string of the molecule is Cc1cc(C)nc(NC(=O)C2CCCC2C(=O)O)c1. The average Bonchev–Trinajstić information content (AvgIpc) is 2.75. The molecule has 1 aromatic heterocycles. The molecule has 0 aromatic carbocycles. The van der Waals surface area contributed by atoms with Crippen molar-refractivity contribution >= 4 is 17.7 Å². The Balaban J connectivity index is 2.10. The summed E-state index contributed by atoms with van der Waals surface area (Å²) < 4.78 is 0. The number of carboxylic acid groups (broad SMARTS) is 1. The fraction of sp³-hybridized carbons (Fsp3) is 0.500.